The van der Waals surface area contributed by atoms with E-state index >= 15 is 0 Å². The van der Waals surface area contributed by atoms with Crippen LogP contribution in [-0.2, 0) is 15.6 Å². The van der Waals surface area contributed by atoms with E-state index in [1.165, 1.54) is 6.26 Å². The van der Waals surface area contributed by atoms with Crippen LogP contribution in [0.25, 0.3) is 0 Å². The van der Waals surface area contributed by atoms with Crippen molar-refractivity contribution < 1.29 is 17.9 Å². The van der Waals surface area contributed by atoms with Crippen LogP contribution in [0, 0.1) is 0 Å². The molecule has 1 aliphatic rings. The highest BCUT2D eigenvalue weighted by molar-refractivity contribution is 7.89. The second-order valence-corrected chi connectivity index (χ2v) is 8.84. The van der Waals surface area contributed by atoms with Crippen LogP contribution in [0.2, 0.25) is 0 Å². The summed E-state index contributed by atoms with van der Waals surface area (Å²) in [5.74, 6) is 0.649. The third-order valence-electron chi connectivity index (χ3n) is 4.60. The minimum Gasteiger partial charge on any atom is -0.497 e. The van der Waals surface area contributed by atoms with Crippen LogP contribution in [0.4, 0.5) is 0 Å². The average Bonchev–Trinajstić information content (AvgIpc) is 3.09. The quantitative estimate of drug-likeness (QED) is 0.807. The SMILES string of the molecule is COc1cccc(C2CCCN2C(=O)c2cccc(CS(C)(=O)=O)c2)c1. The molecule has 3 rings (SSSR count). The number of methoxy groups -OCH3 is 1. The number of carbonyl (C=O) groups is 1. The number of rotatable bonds is 5. The van der Waals surface area contributed by atoms with Gasteiger partial charge in [0.1, 0.15) is 5.75 Å². The first-order valence-electron chi connectivity index (χ1n) is 8.59. The number of nitrogens with zero attached hydrogens (tertiary/aromatic N) is 1. The van der Waals surface area contributed by atoms with Crippen molar-refractivity contribution in [3.05, 3.63) is 65.2 Å². The molecule has 1 amide bonds. The van der Waals surface area contributed by atoms with Gasteiger partial charge in [-0.15, -0.1) is 0 Å². The van der Waals surface area contributed by atoms with Crippen molar-refractivity contribution in [2.75, 3.05) is 19.9 Å². The van der Waals surface area contributed by atoms with Crippen molar-refractivity contribution in [3.8, 4) is 5.75 Å². The number of carbonyl (C=O) groups excluding carboxylic acids is 1. The molecule has 2 aromatic carbocycles. The van der Waals surface area contributed by atoms with Crippen molar-refractivity contribution in [1.82, 2.24) is 4.90 Å². The monoisotopic (exact) mass is 373 g/mol. The van der Waals surface area contributed by atoms with Gasteiger partial charge in [-0.2, -0.15) is 0 Å². The highest BCUT2D eigenvalue weighted by Crippen LogP contribution is 2.34. The molecule has 0 aliphatic carbocycles. The fourth-order valence-electron chi connectivity index (χ4n) is 3.47. The molecule has 6 heteroatoms. The Kier molecular flexibility index (Phi) is 5.32. The highest BCUT2D eigenvalue weighted by Gasteiger charge is 2.30. The van der Waals surface area contributed by atoms with Crippen molar-refractivity contribution >= 4 is 15.7 Å². The first kappa shape index (κ1) is 18.5. The largest absolute Gasteiger partial charge is 0.497 e. The number of hydrogen-bond acceptors (Lipinski definition) is 4. The summed E-state index contributed by atoms with van der Waals surface area (Å²) >= 11 is 0. The van der Waals surface area contributed by atoms with Crippen LogP contribution in [-0.4, -0.2) is 39.1 Å². The van der Waals surface area contributed by atoms with Crippen LogP contribution in [0.5, 0.6) is 5.75 Å². The first-order valence-corrected chi connectivity index (χ1v) is 10.6. The van der Waals surface area contributed by atoms with E-state index in [4.69, 9.17) is 4.74 Å². The summed E-state index contributed by atoms with van der Waals surface area (Å²) in [5.41, 5.74) is 2.22. The molecule has 26 heavy (non-hydrogen) atoms. The smallest absolute Gasteiger partial charge is 0.254 e. The Hall–Kier alpha value is -2.34. The minimum atomic E-state index is -3.14. The Labute approximate surface area is 154 Å². The lowest BCUT2D eigenvalue weighted by Gasteiger charge is -2.25. The molecule has 1 atom stereocenters. The van der Waals surface area contributed by atoms with Crippen molar-refractivity contribution in [1.29, 1.82) is 0 Å². The third-order valence-corrected chi connectivity index (χ3v) is 5.45. The molecule has 0 spiro atoms. The van der Waals surface area contributed by atoms with Crippen LogP contribution >= 0.6 is 0 Å². The molecule has 0 saturated carbocycles. The normalized spacial score (nSPS) is 17.3. The molecule has 1 unspecified atom stereocenters. The Balaban J connectivity index is 1.85. The molecule has 2 aromatic rings. The summed E-state index contributed by atoms with van der Waals surface area (Å²) in [4.78, 5) is 14.9. The van der Waals surface area contributed by atoms with Gasteiger partial charge in [0.25, 0.3) is 5.91 Å². The molecule has 138 valence electrons. The molecule has 0 radical (unpaired) electrons. The second-order valence-electron chi connectivity index (χ2n) is 6.70. The van der Waals surface area contributed by atoms with Gasteiger partial charge in [0.05, 0.1) is 18.9 Å². The van der Waals surface area contributed by atoms with E-state index in [0.29, 0.717) is 17.7 Å². The lowest BCUT2D eigenvalue weighted by molar-refractivity contribution is 0.0735. The lowest BCUT2D eigenvalue weighted by atomic mass is 10.0. The number of hydrogen-bond donors (Lipinski definition) is 0. The Morgan fingerprint density at radius 1 is 1.19 bits per heavy atom. The number of amides is 1. The van der Waals surface area contributed by atoms with Gasteiger partial charge in [-0.25, -0.2) is 8.42 Å². The van der Waals surface area contributed by atoms with Crippen LogP contribution in [0.1, 0.15) is 40.4 Å². The zero-order valence-corrected chi connectivity index (χ0v) is 15.8. The fraction of sp³-hybridized carbons (Fsp3) is 0.350. The second kappa shape index (κ2) is 7.50. The molecule has 1 fully saturated rings. The summed E-state index contributed by atoms with van der Waals surface area (Å²) in [6, 6.07) is 14.7. The standard InChI is InChI=1S/C20H23NO4S/c1-25-18-9-4-7-16(13-18)19-10-5-11-21(19)20(22)17-8-3-6-15(12-17)14-26(2,23)24/h3-4,6-9,12-13,19H,5,10-11,14H2,1-2H3. The maximum absolute atomic E-state index is 13.0. The van der Waals surface area contributed by atoms with Gasteiger partial charge in [-0.3, -0.25) is 4.79 Å². The Bertz CT molecular complexity index is 908. The van der Waals surface area contributed by atoms with Gasteiger partial charge in [0.2, 0.25) is 0 Å². The molecular formula is C20H23NO4S. The topological polar surface area (TPSA) is 63.7 Å². The number of likely N-dealkylation sites (tertiary alicyclic amines) is 1. The predicted molar refractivity (Wildman–Crippen MR) is 101 cm³/mol. The average molecular weight is 373 g/mol. The van der Waals surface area contributed by atoms with Crippen LogP contribution in [0.15, 0.2) is 48.5 Å². The van der Waals surface area contributed by atoms with Crippen LogP contribution in [0.3, 0.4) is 0 Å². The van der Waals surface area contributed by atoms with E-state index in [1.54, 1.807) is 31.4 Å². The van der Waals surface area contributed by atoms with Gasteiger partial charge in [-0.05, 0) is 48.2 Å². The summed E-state index contributed by atoms with van der Waals surface area (Å²) in [7, 11) is -1.51. The summed E-state index contributed by atoms with van der Waals surface area (Å²) < 4.78 is 28.4. The van der Waals surface area contributed by atoms with Crippen molar-refractivity contribution in [2.45, 2.75) is 24.6 Å². The fourth-order valence-corrected chi connectivity index (χ4v) is 4.25. The van der Waals surface area contributed by atoms with Crippen molar-refractivity contribution in [3.63, 3.8) is 0 Å². The maximum Gasteiger partial charge on any atom is 0.254 e. The highest BCUT2D eigenvalue weighted by atomic mass is 32.2. The van der Waals surface area contributed by atoms with E-state index < -0.39 is 9.84 Å². The van der Waals surface area contributed by atoms with Gasteiger partial charge >= 0.3 is 0 Å². The van der Waals surface area contributed by atoms with E-state index in [0.717, 1.165) is 24.2 Å². The summed E-state index contributed by atoms with van der Waals surface area (Å²) in [6.45, 7) is 0.691. The van der Waals surface area contributed by atoms with Gasteiger partial charge in [-0.1, -0.05) is 24.3 Å². The maximum atomic E-state index is 13.0. The lowest BCUT2D eigenvalue weighted by Crippen LogP contribution is -2.30. The van der Waals surface area contributed by atoms with E-state index in [9.17, 15) is 13.2 Å². The molecule has 5 nitrogen and oxygen atoms in total. The molecule has 0 N–H and O–H groups in total. The first-order chi connectivity index (χ1) is 12.4. The Morgan fingerprint density at radius 3 is 2.69 bits per heavy atom. The summed E-state index contributed by atoms with van der Waals surface area (Å²) in [5, 5.41) is 0. The predicted octanol–water partition coefficient (Wildman–Crippen LogP) is 3.22. The number of ether oxygens (including phenoxy) is 1. The Morgan fingerprint density at radius 2 is 1.96 bits per heavy atom. The summed E-state index contributed by atoms with van der Waals surface area (Å²) in [6.07, 6.45) is 3.04. The van der Waals surface area contributed by atoms with Gasteiger partial charge in [0.15, 0.2) is 9.84 Å². The molecule has 1 heterocycles. The molecule has 0 aromatic heterocycles. The van der Waals surface area contributed by atoms with Crippen molar-refractivity contribution in [2.24, 2.45) is 0 Å². The molecule has 1 aliphatic heterocycles. The zero-order valence-electron chi connectivity index (χ0n) is 15.0. The zero-order chi connectivity index (χ0) is 18.7. The minimum absolute atomic E-state index is 0.0103. The molecular weight excluding hydrogens is 350 g/mol. The number of benzene rings is 2. The van der Waals surface area contributed by atoms with E-state index in [1.807, 2.05) is 29.2 Å². The third kappa shape index (κ3) is 4.25. The van der Waals surface area contributed by atoms with Gasteiger partial charge < -0.3 is 9.64 Å². The molecule has 0 bridgehead atoms. The van der Waals surface area contributed by atoms with E-state index in [2.05, 4.69) is 0 Å². The van der Waals surface area contributed by atoms with E-state index in [-0.39, 0.29) is 17.7 Å². The van der Waals surface area contributed by atoms with Crippen LogP contribution < -0.4 is 4.74 Å². The number of sulfone groups is 1. The molecule has 1 saturated heterocycles. The van der Waals surface area contributed by atoms with Gasteiger partial charge in [0, 0.05) is 18.4 Å².